The standard InChI is InChI=1S/C14H23NO/c1-6-15(5)11-16-13-10-8-7-9-12(13)14(2,3)4/h7-10H,6,11H2,1-5H3. The van der Waals surface area contributed by atoms with Crippen LogP contribution in [0.15, 0.2) is 24.3 Å². The van der Waals surface area contributed by atoms with E-state index in [4.69, 9.17) is 4.74 Å². The Bertz CT molecular complexity index is 328. The molecule has 90 valence electrons. The van der Waals surface area contributed by atoms with Crippen molar-refractivity contribution in [2.45, 2.75) is 33.1 Å². The molecule has 0 fully saturated rings. The molecular weight excluding hydrogens is 198 g/mol. The number of para-hydroxylation sites is 1. The van der Waals surface area contributed by atoms with Crippen LogP contribution in [0.2, 0.25) is 0 Å². The molecule has 0 aliphatic rings. The van der Waals surface area contributed by atoms with Crippen LogP contribution in [0.1, 0.15) is 33.3 Å². The minimum absolute atomic E-state index is 0.126. The minimum atomic E-state index is 0.126. The molecule has 0 aliphatic heterocycles. The molecule has 0 aromatic heterocycles. The summed E-state index contributed by atoms with van der Waals surface area (Å²) in [6.45, 7) is 10.4. The summed E-state index contributed by atoms with van der Waals surface area (Å²) >= 11 is 0. The smallest absolute Gasteiger partial charge is 0.141 e. The van der Waals surface area contributed by atoms with Gasteiger partial charge in [-0.15, -0.1) is 0 Å². The highest BCUT2D eigenvalue weighted by molar-refractivity contribution is 5.38. The van der Waals surface area contributed by atoms with Gasteiger partial charge < -0.3 is 4.74 Å². The number of nitrogens with zero attached hydrogens (tertiary/aromatic N) is 1. The molecule has 0 amide bonds. The average Bonchev–Trinajstić information content (AvgIpc) is 2.25. The summed E-state index contributed by atoms with van der Waals surface area (Å²) in [6, 6.07) is 8.28. The van der Waals surface area contributed by atoms with Crippen LogP contribution in [0.25, 0.3) is 0 Å². The highest BCUT2D eigenvalue weighted by Gasteiger charge is 2.18. The molecule has 1 rings (SSSR count). The van der Waals surface area contributed by atoms with Crippen LogP contribution in [0.5, 0.6) is 5.75 Å². The molecule has 0 saturated carbocycles. The lowest BCUT2D eigenvalue weighted by molar-refractivity contribution is 0.156. The Morgan fingerprint density at radius 2 is 1.81 bits per heavy atom. The summed E-state index contributed by atoms with van der Waals surface area (Å²) in [7, 11) is 2.06. The van der Waals surface area contributed by atoms with Crippen molar-refractivity contribution in [1.29, 1.82) is 0 Å². The molecule has 0 heterocycles. The summed E-state index contributed by atoms with van der Waals surface area (Å²) in [5.74, 6) is 0.996. The molecule has 0 unspecified atom stereocenters. The second-order valence-electron chi connectivity index (χ2n) is 5.19. The first-order valence-corrected chi connectivity index (χ1v) is 5.86. The molecule has 0 aliphatic carbocycles. The van der Waals surface area contributed by atoms with Crippen molar-refractivity contribution in [1.82, 2.24) is 4.90 Å². The van der Waals surface area contributed by atoms with Crippen molar-refractivity contribution in [2.24, 2.45) is 0 Å². The van der Waals surface area contributed by atoms with Gasteiger partial charge in [0.05, 0.1) is 0 Å². The van der Waals surface area contributed by atoms with Crippen molar-refractivity contribution in [3.63, 3.8) is 0 Å². The highest BCUT2D eigenvalue weighted by atomic mass is 16.5. The van der Waals surface area contributed by atoms with E-state index >= 15 is 0 Å². The van der Waals surface area contributed by atoms with Crippen LogP contribution in [0.3, 0.4) is 0 Å². The molecule has 16 heavy (non-hydrogen) atoms. The second kappa shape index (κ2) is 5.35. The third-order valence-electron chi connectivity index (χ3n) is 2.68. The van der Waals surface area contributed by atoms with Crippen molar-refractivity contribution in [2.75, 3.05) is 20.3 Å². The van der Waals surface area contributed by atoms with E-state index < -0.39 is 0 Å². The number of rotatable bonds is 4. The normalized spacial score (nSPS) is 11.9. The van der Waals surface area contributed by atoms with E-state index in [9.17, 15) is 0 Å². The fraction of sp³-hybridized carbons (Fsp3) is 0.571. The first kappa shape index (κ1) is 13.0. The number of hydrogen-bond acceptors (Lipinski definition) is 2. The Kier molecular flexibility index (Phi) is 4.36. The van der Waals surface area contributed by atoms with Gasteiger partial charge >= 0.3 is 0 Å². The quantitative estimate of drug-likeness (QED) is 0.723. The molecule has 0 saturated heterocycles. The van der Waals surface area contributed by atoms with Gasteiger partial charge in [0.25, 0.3) is 0 Å². The van der Waals surface area contributed by atoms with Crippen LogP contribution in [-0.4, -0.2) is 25.2 Å². The van der Waals surface area contributed by atoms with Crippen LogP contribution >= 0.6 is 0 Å². The maximum atomic E-state index is 5.84. The lowest BCUT2D eigenvalue weighted by Crippen LogP contribution is -2.24. The van der Waals surface area contributed by atoms with E-state index in [1.54, 1.807) is 0 Å². The van der Waals surface area contributed by atoms with Crippen molar-refractivity contribution in [3.05, 3.63) is 29.8 Å². The van der Waals surface area contributed by atoms with Gasteiger partial charge in [-0.25, -0.2) is 0 Å². The van der Waals surface area contributed by atoms with Crippen LogP contribution < -0.4 is 4.74 Å². The Morgan fingerprint density at radius 1 is 1.19 bits per heavy atom. The van der Waals surface area contributed by atoms with Gasteiger partial charge in [-0.1, -0.05) is 45.9 Å². The third kappa shape index (κ3) is 3.53. The fourth-order valence-corrected chi connectivity index (χ4v) is 1.48. The number of benzene rings is 1. The van der Waals surface area contributed by atoms with Gasteiger partial charge in [-0.05, 0) is 30.6 Å². The Hall–Kier alpha value is -1.02. The van der Waals surface area contributed by atoms with Gasteiger partial charge in [-0.3, -0.25) is 4.90 Å². The lowest BCUT2D eigenvalue weighted by Gasteiger charge is -2.24. The minimum Gasteiger partial charge on any atom is -0.478 e. The summed E-state index contributed by atoms with van der Waals surface area (Å²) < 4.78 is 5.84. The molecule has 2 nitrogen and oxygen atoms in total. The van der Waals surface area contributed by atoms with Crippen molar-refractivity contribution >= 4 is 0 Å². The monoisotopic (exact) mass is 221 g/mol. The van der Waals surface area contributed by atoms with E-state index in [-0.39, 0.29) is 5.41 Å². The molecule has 0 spiro atoms. The summed E-state index contributed by atoms with van der Waals surface area (Å²) in [5.41, 5.74) is 1.39. The molecule has 1 aromatic carbocycles. The molecule has 2 heteroatoms. The highest BCUT2D eigenvalue weighted by Crippen LogP contribution is 2.30. The zero-order chi connectivity index (χ0) is 12.2. The van der Waals surface area contributed by atoms with E-state index in [0.29, 0.717) is 6.73 Å². The molecule has 1 aromatic rings. The predicted molar refractivity (Wildman–Crippen MR) is 68.9 cm³/mol. The average molecular weight is 221 g/mol. The van der Waals surface area contributed by atoms with Gasteiger partial charge in [-0.2, -0.15) is 0 Å². The first-order valence-electron chi connectivity index (χ1n) is 5.86. The van der Waals surface area contributed by atoms with Gasteiger partial charge in [0.1, 0.15) is 12.5 Å². The summed E-state index contributed by atoms with van der Waals surface area (Å²) in [5, 5.41) is 0. The lowest BCUT2D eigenvalue weighted by atomic mass is 9.86. The Balaban J connectivity index is 2.80. The third-order valence-corrected chi connectivity index (χ3v) is 2.68. The predicted octanol–water partition coefficient (Wildman–Crippen LogP) is 3.27. The Labute approximate surface area is 99.2 Å². The maximum Gasteiger partial charge on any atom is 0.141 e. The first-order chi connectivity index (χ1) is 7.45. The van der Waals surface area contributed by atoms with Gasteiger partial charge in [0.2, 0.25) is 0 Å². The second-order valence-corrected chi connectivity index (χ2v) is 5.19. The molecule has 0 radical (unpaired) electrons. The summed E-state index contributed by atoms with van der Waals surface area (Å²) in [6.07, 6.45) is 0. The number of hydrogen-bond donors (Lipinski definition) is 0. The van der Waals surface area contributed by atoms with Crippen LogP contribution in [0, 0.1) is 0 Å². The molecule has 0 N–H and O–H groups in total. The van der Waals surface area contributed by atoms with Gasteiger partial charge in [0, 0.05) is 0 Å². The van der Waals surface area contributed by atoms with E-state index in [1.165, 1.54) is 5.56 Å². The van der Waals surface area contributed by atoms with Crippen LogP contribution in [-0.2, 0) is 5.41 Å². The topological polar surface area (TPSA) is 12.5 Å². The zero-order valence-electron chi connectivity index (χ0n) is 11.1. The van der Waals surface area contributed by atoms with Gasteiger partial charge in [0.15, 0.2) is 0 Å². The molecule has 0 bridgehead atoms. The SMILES string of the molecule is CCN(C)COc1ccccc1C(C)(C)C. The van der Waals surface area contributed by atoms with Crippen molar-refractivity contribution in [3.8, 4) is 5.75 Å². The summed E-state index contributed by atoms with van der Waals surface area (Å²) in [4.78, 5) is 2.14. The molecule has 0 atom stereocenters. The zero-order valence-corrected chi connectivity index (χ0v) is 11.1. The van der Waals surface area contributed by atoms with E-state index in [2.05, 4.69) is 51.8 Å². The fourth-order valence-electron chi connectivity index (χ4n) is 1.48. The molecular formula is C14H23NO. The Morgan fingerprint density at radius 3 is 2.38 bits per heavy atom. The van der Waals surface area contributed by atoms with E-state index in [0.717, 1.165) is 12.3 Å². The van der Waals surface area contributed by atoms with Crippen molar-refractivity contribution < 1.29 is 4.74 Å². The van der Waals surface area contributed by atoms with E-state index in [1.807, 2.05) is 12.1 Å². The largest absolute Gasteiger partial charge is 0.478 e. The number of ether oxygens (including phenoxy) is 1. The van der Waals surface area contributed by atoms with Crippen LogP contribution in [0.4, 0.5) is 0 Å². The maximum absolute atomic E-state index is 5.84.